The Morgan fingerprint density at radius 1 is 1.03 bits per heavy atom. The number of nitrogens with zero attached hydrogens (tertiary/aromatic N) is 2. The lowest BCUT2D eigenvalue weighted by Crippen LogP contribution is -2.47. The molecule has 2 aromatic carbocycles. The van der Waals surface area contributed by atoms with E-state index in [1.54, 1.807) is 31.2 Å². The smallest absolute Gasteiger partial charge is 0.261 e. The molecule has 1 N–H and O–H groups in total. The number of benzene rings is 2. The third-order valence-electron chi connectivity index (χ3n) is 5.44. The van der Waals surface area contributed by atoms with Gasteiger partial charge in [0.25, 0.3) is 11.8 Å². The van der Waals surface area contributed by atoms with Crippen LogP contribution in [0.3, 0.4) is 0 Å². The first-order valence-corrected chi connectivity index (χ1v) is 11.4. The molecule has 0 aliphatic carbocycles. The van der Waals surface area contributed by atoms with E-state index in [0.717, 1.165) is 10.0 Å². The number of nitrogens with one attached hydrogen (secondary N) is 1. The van der Waals surface area contributed by atoms with E-state index in [1.165, 1.54) is 9.80 Å². The maximum atomic E-state index is 13.1. The van der Waals surface area contributed by atoms with Crippen LogP contribution in [0.4, 0.5) is 0 Å². The summed E-state index contributed by atoms with van der Waals surface area (Å²) in [5.74, 6) is -1.09. The van der Waals surface area contributed by atoms with E-state index in [9.17, 15) is 19.2 Å². The highest BCUT2D eigenvalue weighted by Gasteiger charge is 2.35. The first kappa shape index (κ1) is 23.7. The molecule has 7 nitrogen and oxygen atoms in total. The van der Waals surface area contributed by atoms with Crippen LogP contribution in [-0.2, 0) is 16.1 Å². The zero-order valence-corrected chi connectivity index (χ0v) is 19.7. The fraction of sp³-hybridized carbons (Fsp3) is 0.333. The molecule has 8 heteroatoms. The van der Waals surface area contributed by atoms with Crippen LogP contribution < -0.4 is 5.32 Å². The van der Waals surface area contributed by atoms with E-state index in [0.29, 0.717) is 24.1 Å². The Hall–Kier alpha value is -3.00. The Morgan fingerprint density at radius 3 is 2.19 bits per heavy atom. The highest BCUT2D eigenvalue weighted by atomic mass is 79.9. The molecule has 0 radical (unpaired) electrons. The lowest BCUT2D eigenvalue weighted by atomic mass is 10.1. The van der Waals surface area contributed by atoms with Crippen molar-refractivity contribution < 1.29 is 19.2 Å². The fourth-order valence-corrected chi connectivity index (χ4v) is 3.93. The second-order valence-corrected chi connectivity index (χ2v) is 8.55. The van der Waals surface area contributed by atoms with Gasteiger partial charge in [0.2, 0.25) is 11.8 Å². The molecule has 1 unspecified atom stereocenters. The predicted molar refractivity (Wildman–Crippen MR) is 124 cm³/mol. The molecule has 1 atom stereocenters. The summed E-state index contributed by atoms with van der Waals surface area (Å²) in [4.78, 5) is 53.2. The molecule has 32 heavy (non-hydrogen) atoms. The second-order valence-electron chi connectivity index (χ2n) is 7.63. The summed E-state index contributed by atoms with van der Waals surface area (Å²) in [6.45, 7) is 4.44. The molecule has 0 bridgehead atoms. The van der Waals surface area contributed by atoms with Gasteiger partial charge in [0.05, 0.1) is 11.1 Å². The van der Waals surface area contributed by atoms with Crippen LogP contribution >= 0.6 is 15.9 Å². The first-order valence-electron chi connectivity index (χ1n) is 10.6. The van der Waals surface area contributed by atoms with Crippen molar-refractivity contribution >= 4 is 39.6 Å². The van der Waals surface area contributed by atoms with E-state index >= 15 is 0 Å². The number of carbonyl (C=O) groups excluding carboxylic acids is 4. The molecular formula is C24H26BrN3O4. The topological polar surface area (TPSA) is 86.8 Å². The van der Waals surface area contributed by atoms with Crippen molar-refractivity contribution in [2.45, 2.75) is 39.3 Å². The van der Waals surface area contributed by atoms with Gasteiger partial charge in [0, 0.05) is 30.5 Å². The van der Waals surface area contributed by atoms with E-state index in [1.807, 2.05) is 31.2 Å². The predicted octanol–water partition coefficient (Wildman–Crippen LogP) is 3.38. The molecule has 168 valence electrons. The number of rotatable bonds is 9. The number of imide groups is 1. The lowest BCUT2D eigenvalue weighted by molar-refractivity contribution is -0.140. The SMILES string of the molecule is CCNC(=O)C(C)N(Cc1ccc(Br)cc1)C(=O)CCCN1C(=O)c2ccccc2C1=O. The number of hydrogen-bond donors (Lipinski definition) is 1. The standard InChI is InChI=1S/C24H26BrN3O4/c1-3-26-22(30)16(2)28(15-17-10-12-18(25)13-11-17)21(29)9-6-14-27-23(31)19-7-4-5-8-20(19)24(27)32/h4-5,7-8,10-13,16H,3,6,9,14-15H2,1-2H3,(H,26,30). The molecule has 0 aromatic heterocycles. The van der Waals surface area contributed by atoms with Crippen molar-refractivity contribution in [1.29, 1.82) is 0 Å². The number of amides is 4. The maximum absolute atomic E-state index is 13.1. The third-order valence-corrected chi connectivity index (χ3v) is 5.96. The maximum Gasteiger partial charge on any atom is 0.261 e. The molecule has 0 saturated carbocycles. The molecule has 2 aromatic rings. The monoisotopic (exact) mass is 499 g/mol. The average molecular weight is 500 g/mol. The summed E-state index contributed by atoms with van der Waals surface area (Å²) in [6.07, 6.45) is 0.441. The van der Waals surface area contributed by atoms with Gasteiger partial charge in [-0.05, 0) is 50.1 Å². The van der Waals surface area contributed by atoms with Gasteiger partial charge in [-0.25, -0.2) is 0 Å². The summed E-state index contributed by atoms with van der Waals surface area (Å²) in [5, 5.41) is 2.76. The molecule has 1 heterocycles. The summed E-state index contributed by atoms with van der Waals surface area (Å²) >= 11 is 3.40. The van der Waals surface area contributed by atoms with Crippen LogP contribution in [0.5, 0.6) is 0 Å². The Morgan fingerprint density at radius 2 is 1.62 bits per heavy atom. The minimum absolute atomic E-state index is 0.119. The highest BCUT2D eigenvalue weighted by molar-refractivity contribution is 9.10. The molecule has 0 saturated heterocycles. The Balaban J connectivity index is 1.65. The van der Waals surface area contributed by atoms with Crippen LogP contribution in [-0.4, -0.2) is 52.6 Å². The highest BCUT2D eigenvalue weighted by Crippen LogP contribution is 2.23. The van der Waals surface area contributed by atoms with Crippen LogP contribution in [0.25, 0.3) is 0 Å². The van der Waals surface area contributed by atoms with Crippen molar-refractivity contribution in [2.24, 2.45) is 0 Å². The van der Waals surface area contributed by atoms with Crippen LogP contribution in [0.2, 0.25) is 0 Å². The number of hydrogen-bond acceptors (Lipinski definition) is 4. The van der Waals surface area contributed by atoms with Crippen LogP contribution in [0, 0.1) is 0 Å². The van der Waals surface area contributed by atoms with Gasteiger partial charge in [-0.1, -0.05) is 40.2 Å². The third kappa shape index (κ3) is 5.24. The van der Waals surface area contributed by atoms with Crippen molar-refractivity contribution in [3.63, 3.8) is 0 Å². The quantitative estimate of drug-likeness (QED) is 0.535. The minimum Gasteiger partial charge on any atom is -0.355 e. The van der Waals surface area contributed by atoms with Crippen molar-refractivity contribution in [3.8, 4) is 0 Å². The molecule has 1 aliphatic rings. The van der Waals surface area contributed by atoms with E-state index < -0.39 is 6.04 Å². The molecule has 0 fully saturated rings. The molecule has 1 aliphatic heterocycles. The normalized spacial score (nSPS) is 13.7. The molecular weight excluding hydrogens is 474 g/mol. The number of halogens is 1. The number of likely N-dealkylation sites (N-methyl/N-ethyl adjacent to an activating group) is 1. The van der Waals surface area contributed by atoms with E-state index in [-0.39, 0.29) is 43.1 Å². The zero-order valence-electron chi connectivity index (χ0n) is 18.1. The average Bonchev–Trinajstić information content (AvgIpc) is 3.03. The Bertz CT molecular complexity index is 987. The lowest BCUT2D eigenvalue weighted by Gasteiger charge is -2.29. The molecule has 3 rings (SSSR count). The number of fused-ring (bicyclic) bond motifs is 1. The van der Waals surface area contributed by atoms with Crippen molar-refractivity contribution in [1.82, 2.24) is 15.1 Å². The van der Waals surface area contributed by atoms with Gasteiger partial charge in [-0.3, -0.25) is 24.1 Å². The molecule has 4 amide bonds. The first-order chi connectivity index (χ1) is 15.3. The van der Waals surface area contributed by atoms with Gasteiger partial charge >= 0.3 is 0 Å². The second kappa shape index (κ2) is 10.5. The summed E-state index contributed by atoms with van der Waals surface area (Å²) < 4.78 is 0.928. The largest absolute Gasteiger partial charge is 0.355 e. The van der Waals surface area contributed by atoms with Gasteiger partial charge < -0.3 is 10.2 Å². The summed E-state index contributed by atoms with van der Waals surface area (Å²) in [5.41, 5.74) is 1.69. The Labute approximate surface area is 195 Å². The summed E-state index contributed by atoms with van der Waals surface area (Å²) in [7, 11) is 0. The summed E-state index contributed by atoms with van der Waals surface area (Å²) in [6, 6.07) is 13.6. The van der Waals surface area contributed by atoms with Crippen molar-refractivity contribution in [3.05, 3.63) is 69.7 Å². The van der Waals surface area contributed by atoms with Crippen LogP contribution in [0.1, 0.15) is 53.0 Å². The molecule has 0 spiro atoms. The van der Waals surface area contributed by atoms with Crippen LogP contribution in [0.15, 0.2) is 53.0 Å². The number of carbonyl (C=O) groups is 4. The van der Waals surface area contributed by atoms with E-state index in [2.05, 4.69) is 21.2 Å². The van der Waals surface area contributed by atoms with Crippen molar-refractivity contribution in [2.75, 3.05) is 13.1 Å². The van der Waals surface area contributed by atoms with Gasteiger partial charge in [-0.2, -0.15) is 0 Å². The van der Waals surface area contributed by atoms with Gasteiger partial charge in [0.15, 0.2) is 0 Å². The van der Waals surface area contributed by atoms with Gasteiger partial charge in [0.1, 0.15) is 6.04 Å². The fourth-order valence-electron chi connectivity index (χ4n) is 3.67. The minimum atomic E-state index is -0.648. The van der Waals surface area contributed by atoms with Gasteiger partial charge in [-0.15, -0.1) is 0 Å². The Kier molecular flexibility index (Phi) is 7.80. The van der Waals surface area contributed by atoms with E-state index in [4.69, 9.17) is 0 Å². The zero-order chi connectivity index (χ0) is 23.3.